The largest absolute Gasteiger partial charge is 0.465 e. The average Bonchev–Trinajstić information content (AvgIpc) is 3.17. The van der Waals surface area contributed by atoms with Crippen molar-refractivity contribution < 1.29 is 18.8 Å². The summed E-state index contributed by atoms with van der Waals surface area (Å²) in [5, 5.41) is 7.26. The minimum atomic E-state index is -0.510. The molecule has 1 heterocycles. The SMILES string of the molecule is COC(=O)c1ccccc1NC(=O)CSCc1nc(-c2ccc(Cl)cc2)no1. The maximum Gasteiger partial charge on any atom is 0.339 e. The van der Waals surface area contributed by atoms with Crippen LogP contribution in [-0.4, -0.2) is 34.9 Å². The summed E-state index contributed by atoms with van der Waals surface area (Å²) < 4.78 is 9.92. The van der Waals surface area contributed by atoms with Crippen molar-refractivity contribution in [2.24, 2.45) is 0 Å². The number of carbonyl (C=O) groups excluding carboxylic acids is 2. The second-order valence-electron chi connectivity index (χ2n) is 5.60. The summed E-state index contributed by atoms with van der Waals surface area (Å²) in [5.74, 6) is 0.658. The highest BCUT2D eigenvalue weighted by Gasteiger charge is 2.14. The molecule has 0 fully saturated rings. The lowest BCUT2D eigenvalue weighted by molar-refractivity contribution is -0.113. The van der Waals surface area contributed by atoms with E-state index in [9.17, 15) is 9.59 Å². The lowest BCUT2D eigenvalue weighted by Crippen LogP contribution is -2.17. The van der Waals surface area contributed by atoms with E-state index in [1.54, 1.807) is 48.5 Å². The van der Waals surface area contributed by atoms with Crippen LogP contribution in [0, 0.1) is 0 Å². The number of halogens is 1. The Morgan fingerprint density at radius 1 is 1.18 bits per heavy atom. The molecule has 3 rings (SSSR count). The second kappa shape index (κ2) is 9.38. The number of benzene rings is 2. The number of nitrogens with one attached hydrogen (secondary N) is 1. The fourth-order valence-electron chi connectivity index (χ4n) is 2.33. The quantitative estimate of drug-likeness (QED) is 0.579. The summed E-state index contributed by atoms with van der Waals surface area (Å²) in [6.07, 6.45) is 0. The van der Waals surface area contributed by atoms with E-state index < -0.39 is 5.97 Å². The number of hydrogen-bond donors (Lipinski definition) is 1. The molecule has 0 bridgehead atoms. The highest BCUT2D eigenvalue weighted by atomic mass is 35.5. The third-order valence-corrected chi connectivity index (χ3v) is 4.81. The molecule has 0 saturated carbocycles. The fourth-order valence-corrected chi connectivity index (χ4v) is 3.10. The molecule has 0 aliphatic carbocycles. The molecule has 0 radical (unpaired) electrons. The molecule has 9 heteroatoms. The molecule has 0 spiro atoms. The minimum Gasteiger partial charge on any atom is -0.465 e. The van der Waals surface area contributed by atoms with Gasteiger partial charge in [-0.05, 0) is 36.4 Å². The zero-order valence-corrected chi connectivity index (χ0v) is 16.4. The number of rotatable bonds is 7. The Hall–Kier alpha value is -2.84. The summed E-state index contributed by atoms with van der Waals surface area (Å²) in [6, 6.07) is 13.8. The molecule has 3 aromatic rings. The number of ether oxygens (including phenoxy) is 1. The van der Waals surface area contributed by atoms with Crippen LogP contribution in [0.3, 0.4) is 0 Å². The van der Waals surface area contributed by atoms with Crippen LogP contribution in [0.15, 0.2) is 53.1 Å². The van der Waals surface area contributed by atoms with Crippen molar-refractivity contribution in [1.82, 2.24) is 10.1 Å². The number of nitrogens with zero attached hydrogens (tertiary/aromatic N) is 2. The molecule has 1 N–H and O–H groups in total. The van der Waals surface area contributed by atoms with Crippen LogP contribution in [0.25, 0.3) is 11.4 Å². The Balaban J connectivity index is 1.53. The van der Waals surface area contributed by atoms with Gasteiger partial charge in [-0.25, -0.2) is 4.79 Å². The monoisotopic (exact) mass is 417 g/mol. The van der Waals surface area contributed by atoms with Crippen molar-refractivity contribution in [2.45, 2.75) is 5.75 Å². The first kappa shape index (κ1) is 19.9. The summed E-state index contributed by atoms with van der Waals surface area (Å²) in [5.41, 5.74) is 1.50. The van der Waals surface area contributed by atoms with E-state index >= 15 is 0 Å². The van der Waals surface area contributed by atoms with Crippen molar-refractivity contribution in [1.29, 1.82) is 0 Å². The van der Waals surface area contributed by atoms with E-state index in [4.69, 9.17) is 20.9 Å². The van der Waals surface area contributed by atoms with Crippen molar-refractivity contribution in [3.63, 3.8) is 0 Å². The maximum atomic E-state index is 12.2. The molecule has 1 aromatic heterocycles. The molecule has 0 unspecified atom stereocenters. The summed E-state index contributed by atoms with van der Waals surface area (Å²) >= 11 is 7.18. The summed E-state index contributed by atoms with van der Waals surface area (Å²) in [4.78, 5) is 28.2. The number of para-hydroxylation sites is 1. The van der Waals surface area contributed by atoms with Crippen LogP contribution in [-0.2, 0) is 15.3 Å². The van der Waals surface area contributed by atoms with Crippen LogP contribution in [0.5, 0.6) is 0 Å². The van der Waals surface area contributed by atoms with Crippen LogP contribution in [0.1, 0.15) is 16.2 Å². The van der Waals surface area contributed by atoms with Gasteiger partial charge < -0.3 is 14.6 Å². The van der Waals surface area contributed by atoms with Gasteiger partial charge in [0, 0.05) is 10.6 Å². The molecule has 28 heavy (non-hydrogen) atoms. The molecule has 0 atom stereocenters. The van der Waals surface area contributed by atoms with Crippen LogP contribution < -0.4 is 5.32 Å². The molecule has 7 nitrogen and oxygen atoms in total. The minimum absolute atomic E-state index is 0.161. The van der Waals surface area contributed by atoms with E-state index in [-0.39, 0.29) is 11.7 Å². The van der Waals surface area contributed by atoms with E-state index in [1.807, 2.05) is 0 Å². The number of amides is 1. The Morgan fingerprint density at radius 2 is 1.93 bits per heavy atom. The lowest BCUT2D eigenvalue weighted by Gasteiger charge is -2.09. The maximum absolute atomic E-state index is 12.2. The number of esters is 1. The number of hydrogen-bond acceptors (Lipinski definition) is 7. The number of methoxy groups -OCH3 is 1. The van der Waals surface area contributed by atoms with E-state index in [1.165, 1.54) is 18.9 Å². The highest BCUT2D eigenvalue weighted by molar-refractivity contribution is 7.99. The van der Waals surface area contributed by atoms with E-state index in [0.29, 0.717) is 33.7 Å². The number of anilines is 1. The zero-order valence-electron chi connectivity index (χ0n) is 14.8. The Kier molecular flexibility index (Phi) is 6.67. The molecule has 0 aliphatic rings. The topological polar surface area (TPSA) is 94.3 Å². The van der Waals surface area contributed by atoms with Gasteiger partial charge in [-0.1, -0.05) is 28.9 Å². The van der Waals surface area contributed by atoms with Gasteiger partial charge in [0.25, 0.3) is 0 Å². The lowest BCUT2D eigenvalue weighted by atomic mass is 10.2. The smallest absolute Gasteiger partial charge is 0.339 e. The molecular formula is C19H16ClN3O4S. The molecule has 1 amide bonds. The number of aromatic nitrogens is 2. The molecule has 0 saturated heterocycles. The standard InChI is InChI=1S/C19H16ClN3O4S/c1-26-19(25)14-4-2-3-5-15(14)21-16(24)10-28-11-17-22-18(23-27-17)12-6-8-13(20)9-7-12/h2-9H,10-11H2,1H3,(H,21,24). The van der Waals surface area contributed by atoms with Gasteiger partial charge in [0.1, 0.15) is 0 Å². The third-order valence-electron chi connectivity index (χ3n) is 3.64. The Labute approximate surface area is 170 Å². The van der Waals surface area contributed by atoms with Gasteiger partial charge in [0.2, 0.25) is 17.6 Å². The van der Waals surface area contributed by atoms with Gasteiger partial charge in [0.05, 0.1) is 29.9 Å². The van der Waals surface area contributed by atoms with Gasteiger partial charge in [0.15, 0.2) is 0 Å². The molecule has 0 aliphatic heterocycles. The Morgan fingerprint density at radius 3 is 2.68 bits per heavy atom. The first-order valence-corrected chi connectivity index (χ1v) is 9.73. The summed E-state index contributed by atoms with van der Waals surface area (Å²) in [7, 11) is 1.29. The molecular weight excluding hydrogens is 402 g/mol. The van der Waals surface area contributed by atoms with Crippen LogP contribution in [0.2, 0.25) is 5.02 Å². The van der Waals surface area contributed by atoms with Crippen molar-refractivity contribution in [2.75, 3.05) is 18.2 Å². The molecule has 144 valence electrons. The van der Waals surface area contributed by atoms with Gasteiger partial charge in [-0.3, -0.25) is 4.79 Å². The van der Waals surface area contributed by atoms with Crippen molar-refractivity contribution in [3.05, 3.63) is 65.0 Å². The van der Waals surface area contributed by atoms with E-state index in [0.717, 1.165) is 5.56 Å². The second-order valence-corrected chi connectivity index (χ2v) is 7.02. The van der Waals surface area contributed by atoms with Crippen LogP contribution >= 0.6 is 23.4 Å². The predicted molar refractivity (Wildman–Crippen MR) is 107 cm³/mol. The summed E-state index contributed by atoms with van der Waals surface area (Å²) in [6.45, 7) is 0. The van der Waals surface area contributed by atoms with Crippen molar-refractivity contribution >= 4 is 40.9 Å². The number of thioether (sulfide) groups is 1. The molecule has 2 aromatic carbocycles. The van der Waals surface area contributed by atoms with Gasteiger partial charge >= 0.3 is 5.97 Å². The first-order valence-electron chi connectivity index (χ1n) is 8.20. The number of carbonyl (C=O) groups is 2. The zero-order chi connectivity index (χ0) is 19.9. The third kappa shape index (κ3) is 5.11. The van der Waals surface area contributed by atoms with E-state index in [2.05, 4.69) is 15.5 Å². The predicted octanol–water partition coefficient (Wildman–Crippen LogP) is 4.05. The van der Waals surface area contributed by atoms with Gasteiger partial charge in [-0.15, -0.1) is 11.8 Å². The normalized spacial score (nSPS) is 10.5. The van der Waals surface area contributed by atoms with Crippen LogP contribution in [0.4, 0.5) is 5.69 Å². The Bertz CT molecular complexity index is 975. The highest BCUT2D eigenvalue weighted by Crippen LogP contribution is 2.21. The fraction of sp³-hybridized carbons (Fsp3) is 0.158. The first-order chi connectivity index (χ1) is 13.6. The van der Waals surface area contributed by atoms with Crippen molar-refractivity contribution in [3.8, 4) is 11.4 Å². The van der Waals surface area contributed by atoms with Gasteiger partial charge in [-0.2, -0.15) is 4.98 Å². The average molecular weight is 418 g/mol.